The Bertz CT molecular complexity index is 496. The maximum Gasteiger partial charge on any atom is 0.309 e. The molecule has 0 aromatic heterocycles. The van der Waals surface area contributed by atoms with Crippen LogP contribution in [0.25, 0.3) is 6.08 Å². The van der Waals surface area contributed by atoms with Crippen LogP contribution in [-0.2, 0) is 9.53 Å². The van der Waals surface area contributed by atoms with Crippen LogP contribution in [-0.4, -0.2) is 24.6 Å². The van der Waals surface area contributed by atoms with E-state index in [2.05, 4.69) is 4.74 Å². The van der Waals surface area contributed by atoms with E-state index in [-0.39, 0.29) is 18.1 Å². The highest BCUT2D eigenvalue weighted by Crippen LogP contribution is 2.25. The number of esters is 1. The van der Waals surface area contributed by atoms with E-state index in [1.165, 1.54) is 19.2 Å². The molecule has 0 atom stereocenters. The lowest BCUT2D eigenvalue weighted by atomic mass is 10.1. The molecule has 1 aromatic rings. The zero-order valence-corrected chi connectivity index (χ0v) is 10.8. The molecule has 0 saturated heterocycles. The lowest BCUT2D eigenvalue weighted by molar-refractivity contribution is -0.384. The average Bonchev–Trinajstić information content (AvgIpc) is 2.40. The van der Waals surface area contributed by atoms with Crippen molar-refractivity contribution in [2.45, 2.75) is 13.3 Å². The number of nitro groups is 1. The van der Waals surface area contributed by atoms with Gasteiger partial charge in [-0.3, -0.25) is 14.9 Å². The molecule has 0 aliphatic carbocycles. The number of hydrogen-bond acceptors (Lipinski definition) is 5. The molecule has 0 saturated carbocycles. The summed E-state index contributed by atoms with van der Waals surface area (Å²) < 4.78 is 9.86. The van der Waals surface area contributed by atoms with Gasteiger partial charge >= 0.3 is 5.97 Å². The molecule has 0 radical (unpaired) electrons. The quantitative estimate of drug-likeness (QED) is 0.448. The molecule has 0 aliphatic rings. The fraction of sp³-hybridized carbons (Fsp3) is 0.308. The fourth-order valence-electron chi connectivity index (χ4n) is 1.43. The SMILES string of the molecule is CCOc1ccc([N+](=O)[O-])cc1C=CCC(=O)OC. The second kappa shape index (κ2) is 7.15. The number of methoxy groups -OCH3 is 1. The third-order valence-electron chi connectivity index (χ3n) is 2.31. The van der Waals surface area contributed by atoms with Gasteiger partial charge in [-0.1, -0.05) is 12.2 Å². The molecule has 1 rings (SSSR count). The van der Waals surface area contributed by atoms with Crippen LogP contribution in [0.3, 0.4) is 0 Å². The second-order valence-electron chi connectivity index (χ2n) is 3.59. The van der Waals surface area contributed by atoms with Crippen LogP contribution in [0.2, 0.25) is 0 Å². The first kappa shape index (κ1) is 14.7. The first-order chi connectivity index (χ1) is 9.08. The third kappa shape index (κ3) is 4.42. The lowest BCUT2D eigenvalue weighted by Gasteiger charge is -2.06. The molecule has 19 heavy (non-hydrogen) atoms. The molecule has 6 heteroatoms. The van der Waals surface area contributed by atoms with E-state index >= 15 is 0 Å². The Morgan fingerprint density at radius 1 is 1.47 bits per heavy atom. The summed E-state index contributed by atoms with van der Waals surface area (Å²) in [6.07, 6.45) is 3.28. The van der Waals surface area contributed by atoms with Crippen molar-refractivity contribution in [2.24, 2.45) is 0 Å². The summed E-state index contributed by atoms with van der Waals surface area (Å²) in [5.41, 5.74) is 0.529. The number of carbonyl (C=O) groups is 1. The first-order valence-corrected chi connectivity index (χ1v) is 5.73. The normalized spacial score (nSPS) is 10.4. The highest BCUT2D eigenvalue weighted by Gasteiger charge is 2.09. The Balaban J connectivity index is 2.96. The molecule has 0 N–H and O–H groups in total. The van der Waals surface area contributed by atoms with Gasteiger partial charge in [0.05, 0.1) is 25.1 Å². The number of non-ortho nitro benzene ring substituents is 1. The summed E-state index contributed by atoms with van der Waals surface area (Å²) in [5, 5.41) is 10.7. The van der Waals surface area contributed by atoms with Crippen LogP contribution in [0.5, 0.6) is 5.75 Å². The molecule has 0 spiro atoms. The lowest BCUT2D eigenvalue weighted by Crippen LogP contribution is -1.97. The van der Waals surface area contributed by atoms with E-state index < -0.39 is 4.92 Å². The van der Waals surface area contributed by atoms with Gasteiger partial charge in [-0.2, -0.15) is 0 Å². The summed E-state index contributed by atoms with van der Waals surface area (Å²) in [6.45, 7) is 2.28. The predicted octanol–water partition coefficient (Wildman–Crippen LogP) is 2.57. The number of benzene rings is 1. The highest BCUT2D eigenvalue weighted by atomic mass is 16.6. The van der Waals surface area contributed by atoms with Crippen LogP contribution in [0, 0.1) is 10.1 Å². The monoisotopic (exact) mass is 265 g/mol. The van der Waals surface area contributed by atoms with Gasteiger partial charge in [-0.15, -0.1) is 0 Å². The van der Waals surface area contributed by atoms with Crippen LogP contribution in [0.15, 0.2) is 24.3 Å². The smallest absolute Gasteiger partial charge is 0.309 e. The fourth-order valence-corrected chi connectivity index (χ4v) is 1.43. The minimum atomic E-state index is -0.479. The summed E-state index contributed by atoms with van der Waals surface area (Å²) in [7, 11) is 1.30. The first-order valence-electron chi connectivity index (χ1n) is 5.73. The second-order valence-corrected chi connectivity index (χ2v) is 3.59. The van der Waals surface area contributed by atoms with Crippen molar-refractivity contribution in [3.05, 3.63) is 40.0 Å². The van der Waals surface area contributed by atoms with Crippen LogP contribution in [0.4, 0.5) is 5.69 Å². The van der Waals surface area contributed by atoms with Gasteiger partial charge in [0.1, 0.15) is 5.75 Å². The van der Waals surface area contributed by atoms with Gasteiger partial charge in [-0.25, -0.2) is 0 Å². The average molecular weight is 265 g/mol. The van der Waals surface area contributed by atoms with Crippen LogP contribution in [0.1, 0.15) is 18.9 Å². The van der Waals surface area contributed by atoms with E-state index in [0.717, 1.165) is 0 Å². The number of hydrogen-bond donors (Lipinski definition) is 0. The Morgan fingerprint density at radius 2 is 2.21 bits per heavy atom. The number of ether oxygens (including phenoxy) is 2. The number of carbonyl (C=O) groups excluding carboxylic acids is 1. The Kier molecular flexibility index (Phi) is 5.53. The van der Waals surface area contributed by atoms with E-state index in [4.69, 9.17) is 4.74 Å². The number of nitrogens with zero attached hydrogens (tertiary/aromatic N) is 1. The Morgan fingerprint density at radius 3 is 2.79 bits per heavy atom. The van der Waals surface area contributed by atoms with Gasteiger partial charge < -0.3 is 9.47 Å². The van der Waals surface area contributed by atoms with Crippen LogP contribution < -0.4 is 4.74 Å². The predicted molar refractivity (Wildman–Crippen MR) is 69.9 cm³/mol. The molecule has 6 nitrogen and oxygen atoms in total. The van der Waals surface area contributed by atoms with Crippen molar-refractivity contribution < 1.29 is 19.2 Å². The van der Waals surface area contributed by atoms with Crippen molar-refractivity contribution in [1.82, 2.24) is 0 Å². The highest BCUT2D eigenvalue weighted by molar-refractivity contribution is 5.73. The zero-order valence-electron chi connectivity index (χ0n) is 10.8. The van der Waals surface area contributed by atoms with E-state index in [0.29, 0.717) is 17.9 Å². The summed E-state index contributed by atoms with van der Waals surface area (Å²) in [5.74, 6) is 0.161. The Labute approximate surface area is 110 Å². The van der Waals surface area contributed by atoms with Gasteiger partial charge in [0.15, 0.2) is 0 Å². The van der Waals surface area contributed by atoms with Crippen molar-refractivity contribution in [1.29, 1.82) is 0 Å². The molecular weight excluding hydrogens is 250 g/mol. The molecular formula is C13H15NO5. The Hall–Kier alpha value is -2.37. The minimum Gasteiger partial charge on any atom is -0.493 e. The molecule has 1 aromatic carbocycles. The van der Waals surface area contributed by atoms with E-state index in [9.17, 15) is 14.9 Å². The standard InChI is InChI=1S/C13H15NO5/c1-3-19-12-8-7-11(14(16)17)9-10(12)5-4-6-13(15)18-2/h4-5,7-9H,3,6H2,1-2H3. The molecule has 0 fully saturated rings. The van der Waals surface area contributed by atoms with E-state index in [1.807, 2.05) is 6.92 Å². The molecule has 0 bridgehead atoms. The van der Waals surface area contributed by atoms with Gasteiger partial charge in [0, 0.05) is 17.7 Å². The largest absolute Gasteiger partial charge is 0.493 e. The molecule has 0 unspecified atom stereocenters. The van der Waals surface area contributed by atoms with Gasteiger partial charge in [0.2, 0.25) is 0 Å². The molecule has 0 amide bonds. The maximum atomic E-state index is 11.0. The molecule has 102 valence electrons. The number of rotatable bonds is 6. The summed E-state index contributed by atoms with van der Waals surface area (Å²) in [4.78, 5) is 21.2. The molecule has 0 aliphatic heterocycles. The topological polar surface area (TPSA) is 78.7 Å². The maximum absolute atomic E-state index is 11.0. The van der Waals surface area contributed by atoms with Gasteiger partial charge in [-0.05, 0) is 13.0 Å². The number of nitro benzene ring substituents is 1. The van der Waals surface area contributed by atoms with Crippen molar-refractivity contribution in [3.63, 3.8) is 0 Å². The minimum absolute atomic E-state index is 0.0267. The zero-order chi connectivity index (χ0) is 14.3. The van der Waals surface area contributed by atoms with Crippen molar-refractivity contribution in [2.75, 3.05) is 13.7 Å². The third-order valence-corrected chi connectivity index (χ3v) is 2.31. The van der Waals surface area contributed by atoms with Crippen molar-refractivity contribution >= 4 is 17.7 Å². The summed E-state index contributed by atoms with van der Waals surface area (Å²) >= 11 is 0. The summed E-state index contributed by atoms with van der Waals surface area (Å²) in [6, 6.07) is 4.32. The van der Waals surface area contributed by atoms with Crippen LogP contribution >= 0.6 is 0 Å². The van der Waals surface area contributed by atoms with E-state index in [1.54, 1.807) is 18.2 Å². The molecule has 0 heterocycles. The van der Waals surface area contributed by atoms with Crippen molar-refractivity contribution in [3.8, 4) is 5.75 Å². The van der Waals surface area contributed by atoms with Gasteiger partial charge in [0.25, 0.3) is 5.69 Å².